The minimum absolute atomic E-state index is 0.0611. The molecule has 0 aromatic heterocycles. The van der Waals surface area contributed by atoms with Crippen LogP contribution in [0.1, 0.15) is 33.6 Å². The van der Waals surface area contributed by atoms with Gasteiger partial charge in [-0.25, -0.2) is 9.59 Å². The number of methoxy groups -OCH3 is 2. The summed E-state index contributed by atoms with van der Waals surface area (Å²) in [4.78, 5) is 48.3. The van der Waals surface area contributed by atoms with Crippen LogP contribution in [-0.4, -0.2) is 57.7 Å². The molecule has 220 valence electrons. The molecule has 0 fully saturated rings. The first-order valence-electron chi connectivity index (χ1n) is 12.2. The smallest absolute Gasteiger partial charge is 0.339 e. The van der Waals surface area contributed by atoms with Gasteiger partial charge in [0.2, 0.25) is 5.91 Å². The van der Waals surface area contributed by atoms with Crippen molar-refractivity contribution < 1.29 is 38.1 Å². The van der Waals surface area contributed by atoms with Crippen molar-refractivity contribution in [1.29, 1.82) is 0 Å². The second-order valence-corrected chi connectivity index (χ2v) is 8.62. The summed E-state index contributed by atoms with van der Waals surface area (Å²) in [6, 6.07) is 9.07. The summed E-state index contributed by atoms with van der Waals surface area (Å²) in [5.41, 5.74) is 16.8. The molecule has 2 amide bonds. The fraction of sp³-hybridized carbons (Fsp3) is 0.259. The second kappa shape index (κ2) is 16.4. The van der Waals surface area contributed by atoms with Gasteiger partial charge in [0.25, 0.3) is 5.91 Å². The number of benzene rings is 2. The van der Waals surface area contributed by atoms with Crippen LogP contribution in [0.25, 0.3) is 0 Å². The third kappa shape index (κ3) is 10.4. The minimum Gasteiger partial charge on any atom is -0.494 e. The lowest BCUT2D eigenvalue weighted by atomic mass is 10.1. The van der Waals surface area contributed by atoms with Crippen LogP contribution in [0.3, 0.4) is 0 Å². The van der Waals surface area contributed by atoms with Crippen LogP contribution in [0.5, 0.6) is 11.5 Å². The summed E-state index contributed by atoms with van der Waals surface area (Å²) < 4.78 is 21.0. The van der Waals surface area contributed by atoms with Gasteiger partial charge in [-0.05, 0) is 49.3 Å². The molecular formula is C27H32ClN5O8. The van der Waals surface area contributed by atoms with E-state index in [-0.39, 0.29) is 39.9 Å². The van der Waals surface area contributed by atoms with E-state index >= 15 is 0 Å². The van der Waals surface area contributed by atoms with Crippen molar-refractivity contribution >= 4 is 46.7 Å². The Morgan fingerprint density at radius 2 is 1.29 bits per heavy atom. The minimum atomic E-state index is -0.691. The molecule has 2 aromatic rings. The Hall–Kier alpha value is -4.75. The number of nitrogens with two attached hydrogens (primary N) is 3. The van der Waals surface area contributed by atoms with Crippen molar-refractivity contribution in [3.8, 4) is 11.5 Å². The lowest BCUT2D eigenvalue weighted by molar-refractivity contribution is -0.115. The number of rotatable bonds is 14. The van der Waals surface area contributed by atoms with Gasteiger partial charge in [0.1, 0.15) is 11.5 Å². The maximum atomic E-state index is 12.4. The van der Waals surface area contributed by atoms with Gasteiger partial charge in [-0.3, -0.25) is 9.59 Å². The normalized spacial score (nSPS) is 11.3. The molecule has 0 heterocycles. The van der Waals surface area contributed by atoms with Gasteiger partial charge >= 0.3 is 11.9 Å². The molecule has 0 saturated heterocycles. The van der Waals surface area contributed by atoms with Gasteiger partial charge in [-0.2, -0.15) is 0 Å². The Morgan fingerprint density at radius 1 is 0.805 bits per heavy atom. The summed E-state index contributed by atoms with van der Waals surface area (Å²) in [5.74, 6) is -1.62. The molecule has 2 aromatic carbocycles. The van der Waals surface area contributed by atoms with Gasteiger partial charge < -0.3 is 46.8 Å². The van der Waals surface area contributed by atoms with Crippen molar-refractivity contribution in [2.75, 3.05) is 44.6 Å². The lowest BCUT2D eigenvalue weighted by Gasteiger charge is -2.14. The van der Waals surface area contributed by atoms with Gasteiger partial charge in [0.15, 0.2) is 0 Å². The van der Waals surface area contributed by atoms with E-state index in [1.807, 2.05) is 0 Å². The van der Waals surface area contributed by atoms with E-state index in [2.05, 4.69) is 10.6 Å². The molecule has 8 N–H and O–H groups in total. The van der Waals surface area contributed by atoms with E-state index < -0.39 is 23.8 Å². The zero-order chi connectivity index (χ0) is 30.4. The highest BCUT2D eigenvalue weighted by atomic mass is 35.5. The number of carbonyl (C=O) groups excluding carboxylic acids is 4. The summed E-state index contributed by atoms with van der Waals surface area (Å²) in [7, 11) is 2.45. The SMILES string of the molecule is COC(=O)c1ccc(OCCCCOc2ccc(C(=O)OC)c(NC(=O)/C(N)=C/C=C(\N)Cl)c2)cc1NC(=O)CN. The summed E-state index contributed by atoms with van der Waals surface area (Å²) in [5, 5.41) is 5.03. The fourth-order valence-electron chi connectivity index (χ4n) is 3.23. The molecule has 0 aliphatic heterocycles. The van der Waals surface area contributed by atoms with E-state index in [9.17, 15) is 19.2 Å². The van der Waals surface area contributed by atoms with Crippen molar-refractivity contribution in [3.05, 3.63) is 70.5 Å². The molecule has 0 radical (unpaired) electrons. The van der Waals surface area contributed by atoms with E-state index in [0.29, 0.717) is 37.6 Å². The molecule has 14 heteroatoms. The van der Waals surface area contributed by atoms with E-state index in [1.54, 1.807) is 12.1 Å². The maximum absolute atomic E-state index is 12.4. The average molecular weight is 590 g/mol. The second-order valence-electron chi connectivity index (χ2n) is 8.18. The quantitative estimate of drug-likeness (QED) is 0.0709. The number of amides is 2. The molecular weight excluding hydrogens is 558 g/mol. The van der Waals surface area contributed by atoms with Crippen LogP contribution in [0.2, 0.25) is 0 Å². The topological polar surface area (TPSA) is 207 Å². The van der Waals surface area contributed by atoms with E-state index in [0.717, 1.165) is 0 Å². The molecule has 0 bridgehead atoms. The Balaban J connectivity index is 1.97. The molecule has 41 heavy (non-hydrogen) atoms. The summed E-state index contributed by atoms with van der Waals surface area (Å²) in [6.45, 7) is 0.369. The number of halogens is 1. The van der Waals surface area contributed by atoms with Crippen LogP contribution in [-0.2, 0) is 19.1 Å². The zero-order valence-electron chi connectivity index (χ0n) is 22.5. The number of carbonyl (C=O) groups is 4. The molecule has 0 aliphatic rings. The third-order valence-corrected chi connectivity index (χ3v) is 5.39. The van der Waals surface area contributed by atoms with Crippen molar-refractivity contribution in [2.24, 2.45) is 17.2 Å². The van der Waals surface area contributed by atoms with Crippen molar-refractivity contribution in [3.63, 3.8) is 0 Å². The van der Waals surface area contributed by atoms with Gasteiger partial charge in [0, 0.05) is 12.1 Å². The van der Waals surface area contributed by atoms with Crippen LogP contribution >= 0.6 is 11.6 Å². The maximum Gasteiger partial charge on any atom is 0.339 e. The van der Waals surface area contributed by atoms with Crippen LogP contribution in [0, 0.1) is 0 Å². The number of allylic oxidation sites excluding steroid dienone is 2. The molecule has 2 rings (SSSR count). The standard InChI is InChI=1S/C27H32ClN5O8/c1-38-26(36)18-7-5-16(13-21(18)32-24(34)15-29)40-11-3-4-12-41-17-6-8-19(27(37)39-2)22(14-17)33-25(35)20(30)9-10-23(28)31/h5-10,13-14H,3-4,11-12,15,29-31H2,1-2H3,(H,32,34)(H,33,35)/b20-9-,23-10-. The average Bonchev–Trinajstić information content (AvgIpc) is 2.96. The Morgan fingerprint density at radius 3 is 1.73 bits per heavy atom. The number of ether oxygens (including phenoxy) is 4. The van der Waals surface area contributed by atoms with Crippen LogP contribution < -0.4 is 37.3 Å². The first kappa shape index (κ1) is 32.5. The van der Waals surface area contributed by atoms with Gasteiger partial charge in [-0.1, -0.05) is 11.6 Å². The molecule has 0 aliphatic carbocycles. The lowest BCUT2D eigenvalue weighted by Crippen LogP contribution is -2.23. The third-order valence-electron chi connectivity index (χ3n) is 5.26. The molecule has 0 spiro atoms. The van der Waals surface area contributed by atoms with E-state index in [4.69, 9.17) is 47.7 Å². The Bertz CT molecular complexity index is 1320. The van der Waals surface area contributed by atoms with Crippen LogP contribution in [0.4, 0.5) is 11.4 Å². The molecule has 0 atom stereocenters. The highest BCUT2D eigenvalue weighted by Crippen LogP contribution is 2.25. The zero-order valence-corrected chi connectivity index (χ0v) is 23.3. The number of unbranched alkanes of at least 4 members (excludes halogenated alkanes) is 1. The number of esters is 2. The fourth-order valence-corrected chi connectivity index (χ4v) is 3.30. The van der Waals surface area contributed by atoms with Gasteiger partial charge in [-0.15, -0.1) is 0 Å². The highest BCUT2D eigenvalue weighted by Gasteiger charge is 2.17. The predicted molar refractivity (Wildman–Crippen MR) is 152 cm³/mol. The predicted octanol–water partition coefficient (Wildman–Crippen LogP) is 2.22. The monoisotopic (exact) mass is 589 g/mol. The Labute approximate surface area is 241 Å². The first-order valence-corrected chi connectivity index (χ1v) is 12.6. The highest BCUT2D eigenvalue weighted by molar-refractivity contribution is 6.29. The Kier molecular flexibility index (Phi) is 13.0. The first-order chi connectivity index (χ1) is 19.6. The summed E-state index contributed by atoms with van der Waals surface area (Å²) >= 11 is 5.54. The van der Waals surface area contributed by atoms with Crippen molar-refractivity contribution in [1.82, 2.24) is 0 Å². The largest absolute Gasteiger partial charge is 0.494 e. The molecule has 0 unspecified atom stereocenters. The number of anilines is 2. The molecule has 0 saturated carbocycles. The summed E-state index contributed by atoms with van der Waals surface area (Å²) in [6.07, 6.45) is 3.67. The van der Waals surface area contributed by atoms with Crippen LogP contribution in [0.15, 0.2) is 59.4 Å². The van der Waals surface area contributed by atoms with Gasteiger partial charge in [0.05, 0.1) is 67.3 Å². The number of hydrogen-bond donors (Lipinski definition) is 5. The van der Waals surface area contributed by atoms with E-state index in [1.165, 1.54) is 50.6 Å². The number of hydrogen-bond acceptors (Lipinski definition) is 11. The number of nitrogens with one attached hydrogen (secondary N) is 2. The van der Waals surface area contributed by atoms with Crippen molar-refractivity contribution in [2.45, 2.75) is 12.8 Å². The molecule has 13 nitrogen and oxygen atoms in total.